The number of alkyl carbamates (subject to hydrolysis) is 1. The molecule has 1 saturated carbocycles. The number of fused-ring (bicyclic) bond motifs is 4. The predicted molar refractivity (Wildman–Crippen MR) is 237 cm³/mol. The lowest BCUT2D eigenvalue weighted by Gasteiger charge is -2.55. The lowest BCUT2D eigenvalue weighted by molar-refractivity contribution is -0.176. The second-order valence-corrected chi connectivity index (χ2v) is 19.0. The van der Waals surface area contributed by atoms with Crippen molar-refractivity contribution in [2.45, 2.75) is 122 Å². The lowest BCUT2D eigenvalue weighted by atomic mass is 9.70. The minimum absolute atomic E-state index is 0. The highest BCUT2D eigenvalue weighted by Crippen LogP contribution is 2.44. The first kappa shape index (κ1) is 47.5. The summed E-state index contributed by atoms with van der Waals surface area (Å²) in [6.45, 7) is 13.8. The van der Waals surface area contributed by atoms with Crippen LogP contribution in [0.2, 0.25) is 0 Å². The molecule has 8 rings (SSSR count). The van der Waals surface area contributed by atoms with Crippen LogP contribution in [0.4, 0.5) is 9.18 Å². The number of H-pyrrole nitrogens is 1. The van der Waals surface area contributed by atoms with Gasteiger partial charge in [-0.3, -0.25) is 19.2 Å². The van der Waals surface area contributed by atoms with E-state index in [1.54, 1.807) is 29.2 Å². The van der Waals surface area contributed by atoms with Crippen LogP contribution in [-0.4, -0.2) is 129 Å². The molecule has 0 radical (unpaired) electrons. The fourth-order valence-corrected chi connectivity index (χ4v) is 9.93. The number of likely N-dealkylation sites (tertiary alicyclic amines) is 1. The van der Waals surface area contributed by atoms with Crippen molar-refractivity contribution in [3.05, 3.63) is 75.5 Å². The molecule has 344 valence electrons. The van der Waals surface area contributed by atoms with E-state index in [0.717, 1.165) is 77.4 Å². The molecule has 4 saturated heterocycles. The van der Waals surface area contributed by atoms with Gasteiger partial charge in [0, 0.05) is 50.4 Å². The molecule has 5 fully saturated rings. The van der Waals surface area contributed by atoms with Crippen LogP contribution in [0.5, 0.6) is 0 Å². The maximum absolute atomic E-state index is 15.1. The lowest BCUT2D eigenvalue weighted by Crippen LogP contribution is -2.67. The topological polar surface area (TPSA) is 198 Å². The number of nitrogens with one attached hydrogen (secondary N) is 3. The number of hydrogen-bond acceptors (Lipinski definition) is 9. The second kappa shape index (κ2) is 19.9. The van der Waals surface area contributed by atoms with Crippen molar-refractivity contribution in [1.82, 2.24) is 35.5 Å². The molecule has 2 unspecified atom stereocenters. The number of aromatic amines is 1. The third kappa shape index (κ3) is 11.1. The van der Waals surface area contributed by atoms with Crippen LogP contribution in [0.15, 0.2) is 47.3 Å². The standard InChI is InChI=1S/C47H64FN7O7.H2O/c1-6-10-32(7-2)39(49-44(60)62-45(3,4)5)41(57)50-46-17-19-47(20-18-46,61-30-46)29-53-21-15-33(16-22-53)42(58)54-23-25-55(26-24-54)43(59)36-27-31(13-14-37(36)48)28-38-34-11-8-9-12-35(34)40(56)52-51-38;/h8-9,11-14,27,32-33,39H,6-7,10,15-26,28-30H2,1-5H3,(H,49,60)(H,50,57)(H,52,56);1H2. The number of ether oxygens (including phenoxy) is 2. The molecule has 5 heterocycles. The van der Waals surface area contributed by atoms with Crippen LogP contribution in [0.25, 0.3) is 10.8 Å². The summed E-state index contributed by atoms with van der Waals surface area (Å²) in [5.74, 6) is -1.19. The average Bonchev–Trinajstić information content (AvgIpc) is 3.26. The Morgan fingerprint density at radius 2 is 1.62 bits per heavy atom. The number of carbonyl (C=O) groups is 4. The molecule has 4 aliphatic heterocycles. The maximum atomic E-state index is 15.1. The third-order valence-electron chi connectivity index (χ3n) is 13.5. The first-order valence-corrected chi connectivity index (χ1v) is 22.6. The van der Waals surface area contributed by atoms with E-state index in [-0.39, 0.29) is 45.9 Å². The van der Waals surface area contributed by atoms with Gasteiger partial charge in [-0.1, -0.05) is 51.0 Å². The van der Waals surface area contributed by atoms with Crippen LogP contribution >= 0.6 is 0 Å². The largest absolute Gasteiger partial charge is 0.444 e. The monoisotopic (exact) mass is 875 g/mol. The molecule has 4 amide bonds. The van der Waals surface area contributed by atoms with E-state index in [9.17, 15) is 24.0 Å². The Kier molecular flexibility index (Phi) is 15.0. The zero-order chi connectivity index (χ0) is 44.2. The molecule has 15 nitrogen and oxygen atoms in total. The SMILES string of the molecule is CCCC(CC)C(NC(=O)OC(C)(C)C)C(=O)NC12CCC(CN3CCC(C(=O)N4CCN(C(=O)c5cc(Cc6n[nH]c(=O)c7ccccc67)ccc5F)CC4)CC3)(CC1)OC2.O. The molecule has 63 heavy (non-hydrogen) atoms. The van der Waals surface area contributed by atoms with E-state index in [4.69, 9.17) is 9.47 Å². The molecule has 3 aromatic rings. The van der Waals surface area contributed by atoms with Gasteiger partial charge < -0.3 is 40.3 Å². The van der Waals surface area contributed by atoms with E-state index < -0.39 is 35.0 Å². The summed E-state index contributed by atoms with van der Waals surface area (Å²) in [5, 5.41) is 14.2. The van der Waals surface area contributed by atoms with Gasteiger partial charge in [0.25, 0.3) is 11.5 Å². The average molecular weight is 876 g/mol. The number of carbonyl (C=O) groups excluding carboxylic acids is 4. The number of piperidine rings is 1. The third-order valence-corrected chi connectivity index (χ3v) is 13.5. The van der Waals surface area contributed by atoms with Crippen LogP contribution in [0, 0.1) is 17.7 Å². The predicted octanol–water partition coefficient (Wildman–Crippen LogP) is 4.74. The van der Waals surface area contributed by atoms with E-state index in [2.05, 4.69) is 32.7 Å². The van der Waals surface area contributed by atoms with Crippen LogP contribution in [-0.2, 0) is 25.5 Å². The van der Waals surface area contributed by atoms with Crippen LogP contribution in [0.1, 0.15) is 114 Å². The smallest absolute Gasteiger partial charge is 0.408 e. The zero-order valence-electron chi connectivity index (χ0n) is 37.5. The Morgan fingerprint density at radius 3 is 2.24 bits per heavy atom. The number of nitrogens with zero attached hydrogens (tertiary/aromatic N) is 4. The maximum Gasteiger partial charge on any atom is 0.408 e. The van der Waals surface area contributed by atoms with Gasteiger partial charge in [-0.25, -0.2) is 14.3 Å². The molecule has 16 heteroatoms. The van der Waals surface area contributed by atoms with Crippen LogP contribution < -0.4 is 16.2 Å². The van der Waals surface area contributed by atoms with Gasteiger partial charge in [-0.15, -0.1) is 0 Å². The van der Waals surface area contributed by atoms with Crippen LogP contribution in [0.3, 0.4) is 0 Å². The summed E-state index contributed by atoms with van der Waals surface area (Å²) in [6, 6.07) is 11.0. The first-order valence-electron chi connectivity index (χ1n) is 22.6. The molecule has 2 atom stereocenters. The van der Waals surface area contributed by atoms with Gasteiger partial charge in [0.2, 0.25) is 11.8 Å². The molecule has 0 spiro atoms. The van der Waals surface area contributed by atoms with Crippen molar-refractivity contribution < 1.29 is 38.5 Å². The molecule has 5 N–H and O–H groups in total. The molecule has 1 aliphatic carbocycles. The molecule has 5 aliphatic rings. The Balaban J connectivity index is 0.00000661. The molecular weight excluding hydrogens is 810 g/mol. The van der Waals surface area contributed by atoms with Gasteiger partial charge in [0.05, 0.1) is 34.4 Å². The quantitative estimate of drug-likeness (QED) is 0.217. The number of aromatic nitrogens is 2. The molecule has 2 bridgehead atoms. The number of halogens is 1. The number of hydrogen-bond donors (Lipinski definition) is 3. The van der Waals surface area contributed by atoms with Gasteiger partial charge in [-0.05, 0) is 108 Å². The summed E-state index contributed by atoms with van der Waals surface area (Å²) in [6.07, 6.45) is 6.93. The van der Waals surface area contributed by atoms with Gasteiger partial charge in [0.1, 0.15) is 17.5 Å². The Bertz CT molecular complexity index is 2150. The van der Waals surface area contributed by atoms with Gasteiger partial charge in [0.15, 0.2) is 0 Å². The number of amides is 4. The van der Waals surface area contributed by atoms with E-state index in [0.29, 0.717) is 61.2 Å². The van der Waals surface area contributed by atoms with E-state index in [1.165, 1.54) is 6.07 Å². The summed E-state index contributed by atoms with van der Waals surface area (Å²) in [4.78, 5) is 72.1. The van der Waals surface area contributed by atoms with Crippen molar-refractivity contribution >= 4 is 34.6 Å². The number of rotatable bonds is 13. The summed E-state index contributed by atoms with van der Waals surface area (Å²) >= 11 is 0. The molecule has 2 aromatic carbocycles. The Morgan fingerprint density at radius 1 is 0.952 bits per heavy atom. The normalized spacial score (nSPS) is 22.8. The highest BCUT2D eigenvalue weighted by molar-refractivity contribution is 5.95. The first-order chi connectivity index (χ1) is 29.6. The summed E-state index contributed by atoms with van der Waals surface area (Å²) in [5.41, 5.74) is -0.414. The zero-order valence-corrected chi connectivity index (χ0v) is 37.5. The van der Waals surface area contributed by atoms with E-state index in [1.807, 2.05) is 44.7 Å². The van der Waals surface area contributed by atoms with E-state index >= 15 is 4.39 Å². The Labute approximate surface area is 369 Å². The number of benzene rings is 2. The van der Waals surface area contributed by atoms with Crippen molar-refractivity contribution in [3.63, 3.8) is 0 Å². The van der Waals surface area contributed by atoms with Crippen molar-refractivity contribution in [2.24, 2.45) is 11.8 Å². The van der Waals surface area contributed by atoms with Crippen molar-refractivity contribution in [3.8, 4) is 0 Å². The van der Waals surface area contributed by atoms with Crippen molar-refractivity contribution in [1.29, 1.82) is 0 Å². The van der Waals surface area contributed by atoms with Gasteiger partial charge >= 0.3 is 6.09 Å². The summed E-state index contributed by atoms with van der Waals surface area (Å²) < 4.78 is 27.2. The highest BCUT2D eigenvalue weighted by atomic mass is 19.1. The fourth-order valence-electron chi connectivity index (χ4n) is 9.93. The Hall–Kier alpha value is -4.93. The summed E-state index contributed by atoms with van der Waals surface area (Å²) in [7, 11) is 0. The van der Waals surface area contributed by atoms with Crippen molar-refractivity contribution in [2.75, 3.05) is 52.4 Å². The molecular formula is C47H66FN7O8. The molecule has 1 aromatic heterocycles. The number of piperazine rings is 1. The fraction of sp³-hybridized carbons (Fsp3) is 0.617. The second-order valence-electron chi connectivity index (χ2n) is 19.0. The highest BCUT2D eigenvalue weighted by Gasteiger charge is 2.52. The van der Waals surface area contributed by atoms with Gasteiger partial charge in [-0.2, -0.15) is 5.10 Å². The minimum atomic E-state index is -0.692. The minimum Gasteiger partial charge on any atom is -0.444 e.